The van der Waals surface area contributed by atoms with Gasteiger partial charge in [-0.1, -0.05) is 31.3 Å². The van der Waals surface area contributed by atoms with Crippen molar-refractivity contribution in [3.8, 4) is 0 Å². The van der Waals surface area contributed by atoms with Gasteiger partial charge in [-0.25, -0.2) is 0 Å². The molecule has 1 aliphatic rings. The summed E-state index contributed by atoms with van der Waals surface area (Å²) in [4.78, 5) is 4.60. The molecular formula is C14H25N3O. The van der Waals surface area contributed by atoms with Gasteiger partial charge in [0.25, 0.3) is 0 Å². The summed E-state index contributed by atoms with van der Waals surface area (Å²) < 4.78 is 5.42. The molecule has 1 fully saturated rings. The van der Waals surface area contributed by atoms with Crippen molar-refractivity contribution in [1.82, 2.24) is 15.5 Å². The average Bonchev–Trinajstić information content (AvgIpc) is 2.89. The van der Waals surface area contributed by atoms with E-state index in [4.69, 9.17) is 4.52 Å². The molecule has 4 heteroatoms. The van der Waals surface area contributed by atoms with Gasteiger partial charge in [-0.3, -0.25) is 0 Å². The Labute approximate surface area is 110 Å². The molecular weight excluding hydrogens is 226 g/mol. The highest BCUT2D eigenvalue weighted by molar-refractivity contribution is 5.03. The summed E-state index contributed by atoms with van der Waals surface area (Å²) in [7, 11) is 1.91. The third-order valence-electron chi connectivity index (χ3n) is 4.33. The second-order valence-corrected chi connectivity index (χ2v) is 5.97. The van der Waals surface area contributed by atoms with Crippen molar-refractivity contribution < 1.29 is 4.52 Å². The third kappa shape index (κ3) is 2.74. The highest BCUT2D eigenvalue weighted by Gasteiger charge is 2.30. The molecule has 0 radical (unpaired) electrons. The molecule has 1 N–H and O–H groups in total. The lowest BCUT2D eigenvalue weighted by Gasteiger charge is -2.26. The molecule has 1 heterocycles. The fourth-order valence-corrected chi connectivity index (χ4v) is 2.66. The minimum absolute atomic E-state index is 0.246. The van der Waals surface area contributed by atoms with Gasteiger partial charge in [0.05, 0.1) is 5.54 Å². The standard InChI is InChI=1S/C14H25N3O/c1-5-10-7-6-8-11(9-10)12-16-13(18-17-12)14(2,3)15-4/h10-11,15H,5-9H2,1-4H3. The van der Waals surface area contributed by atoms with Crippen molar-refractivity contribution in [3.05, 3.63) is 11.7 Å². The molecule has 2 atom stereocenters. The van der Waals surface area contributed by atoms with Crippen LogP contribution < -0.4 is 5.32 Å². The number of aromatic nitrogens is 2. The Morgan fingerprint density at radius 1 is 1.39 bits per heavy atom. The van der Waals surface area contributed by atoms with Crippen molar-refractivity contribution in [2.45, 2.75) is 64.3 Å². The molecule has 0 bridgehead atoms. The molecule has 4 nitrogen and oxygen atoms in total. The van der Waals surface area contributed by atoms with Crippen LogP contribution in [-0.4, -0.2) is 17.2 Å². The highest BCUT2D eigenvalue weighted by Crippen LogP contribution is 2.36. The van der Waals surface area contributed by atoms with Crippen LogP contribution in [0.4, 0.5) is 0 Å². The summed E-state index contributed by atoms with van der Waals surface area (Å²) >= 11 is 0. The van der Waals surface area contributed by atoms with Gasteiger partial charge in [-0.15, -0.1) is 0 Å². The normalized spacial score (nSPS) is 25.3. The van der Waals surface area contributed by atoms with Gasteiger partial charge in [-0.05, 0) is 39.7 Å². The number of nitrogens with one attached hydrogen (secondary N) is 1. The van der Waals surface area contributed by atoms with E-state index in [-0.39, 0.29) is 5.54 Å². The van der Waals surface area contributed by atoms with Crippen LogP contribution in [0.2, 0.25) is 0 Å². The summed E-state index contributed by atoms with van der Waals surface area (Å²) in [5.74, 6) is 2.93. The molecule has 2 unspecified atom stereocenters. The van der Waals surface area contributed by atoms with Crippen molar-refractivity contribution in [3.63, 3.8) is 0 Å². The van der Waals surface area contributed by atoms with E-state index in [0.29, 0.717) is 11.8 Å². The van der Waals surface area contributed by atoms with Gasteiger partial charge in [0, 0.05) is 5.92 Å². The molecule has 1 aliphatic carbocycles. The Balaban J connectivity index is 2.10. The molecule has 18 heavy (non-hydrogen) atoms. The molecule has 1 aromatic heterocycles. The first kappa shape index (κ1) is 13.5. The summed E-state index contributed by atoms with van der Waals surface area (Å²) in [6.07, 6.45) is 6.34. The van der Waals surface area contributed by atoms with Crippen LogP contribution in [0.15, 0.2) is 4.52 Å². The van der Waals surface area contributed by atoms with Crippen molar-refractivity contribution >= 4 is 0 Å². The first-order valence-corrected chi connectivity index (χ1v) is 7.09. The zero-order chi connectivity index (χ0) is 13.2. The van der Waals surface area contributed by atoms with Gasteiger partial charge in [-0.2, -0.15) is 4.98 Å². The molecule has 2 rings (SSSR count). The molecule has 0 amide bonds. The number of nitrogens with zero attached hydrogens (tertiary/aromatic N) is 2. The van der Waals surface area contributed by atoms with E-state index in [9.17, 15) is 0 Å². The predicted molar refractivity (Wildman–Crippen MR) is 71.4 cm³/mol. The minimum Gasteiger partial charge on any atom is -0.337 e. The largest absolute Gasteiger partial charge is 0.337 e. The molecule has 0 spiro atoms. The smallest absolute Gasteiger partial charge is 0.246 e. The van der Waals surface area contributed by atoms with Gasteiger partial charge >= 0.3 is 0 Å². The second kappa shape index (κ2) is 5.39. The zero-order valence-electron chi connectivity index (χ0n) is 12.0. The van der Waals surface area contributed by atoms with E-state index in [1.807, 2.05) is 7.05 Å². The van der Waals surface area contributed by atoms with Crippen LogP contribution in [0, 0.1) is 5.92 Å². The number of hydrogen-bond acceptors (Lipinski definition) is 4. The maximum absolute atomic E-state index is 5.42. The van der Waals surface area contributed by atoms with Crippen LogP contribution in [0.5, 0.6) is 0 Å². The quantitative estimate of drug-likeness (QED) is 0.892. The maximum Gasteiger partial charge on any atom is 0.246 e. The van der Waals surface area contributed by atoms with E-state index in [1.165, 1.54) is 32.1 Å². The molecule has 102 valence electrons. The monoisotopic (exact) mass is 251 g/mol. The lowest BCUT2D eigenvalue weighted by molar-refractivity contribution is 0.272. The van der Waals surface area contributed by atoms with Crippen LogP contribution in [-0.2, 0) is 5.54 Å². The van der Waals surface area contributed by atoms with Crippen LogP contribution in [0.25, 0.3) is 0 Å². The van der Waals surface area contributed by atoms with Gasteiger partial charge < -0.3 is 9.84 Å². The van der Waals surface area contributed by atoms with E-state index in [0.717, 1.165) is 11.7 Å². The van der Waals surface area contributed by atoms with Crippen LogP contribution >= 0.6 is 0 Å². The molecule has 0 aromatic carbocycles. The van der Waals surface area contributed by atoms with E-state index in [1.54, 1.807) is 0 Å². The van der Waals surface area contributed by atoms with Crippen molar-refractivity contribution in [1.29, 1.82) is 0 Å². The maximum atomic E-state index is 5.42. The summed E-state index contributed by atoms with van der Waals surface area (Å²) in [5, 5.41) is 7.39. The van der Waals surface area contributed by atoms with Gasteiger partial charge in [0.2, 0.25) is 5.89 Å². The average molecular weight is 251 g/mol. The van der Waals surface area contributed by atoms with Crippen molar-refractivity contribution in [2.24, 2.45) is 5.92 Å². The third-order valence-corrected chi connectivity index (χ3v) is 4.33. The minimum atomic E-state index is -0.246. The first-order chi connectivity index (χ1) is 8.56. The second-order valence-electron chi connectivity index (χ2n) is 5.97. The number of rotatable bonds is 4. The molecule has 0 saturated heterocycles. The number of hydrogen-bond donors (Lipinski definition) is 1. The highest BCUT2D eigenvalue weighted by atomic mass is 16.5. The predicted octanol–water partition coefficient (Wildman–Crippen LogP) is 3.21. The Morgan fingerprint density at radius 3 is 2.83 bits per heavy atom. The zero-order valence-corrected chi connectivity index (χ0v) is 12.0. The Morgan fingerprint density at radius 2 is 2.17 bits per heavy atom. The lowest BCUT2D eigenvalue weighted by atomic mass is 9.80. The summed E-state index contributed by atoms with van der Waals surface area (Å²) in [6.45, 7) is 6.39. The Hall–Kier alpha value is -0.900. The molecule has 1 aromatic rings. The van der Waals surface area contributed by atoms with E-state index in [2.05, 4.69) is 36.2 Å². The van der Waals surface area contributed by atoms with Crippen molar-refractivity contribution in [2.75, 3.05) is 7.05 Å². The van der Waals surface area contributed by atoms with Gasteiger partial charge in [0.1, 0.15) is 0 Å². The van der Waals surface area contributed by atoms with Crippen LogP contribution in [0.1, 0.15) is 70.5 Å². The topological polar surface area (TPSA) is 51.0 Å². The van der Waals surface area contributed by atoms with Crippen LogP contribution in [0.3, 0.4) is 0 Å². The SMILES string of the molecule is CCC1CCCC(c2noc(C(C)(C)NC)n2)C1. The Bertz CT molecular complexity index is 386. The van der Waals surface area contributed by atoms with Gasteiger partial charge in [0.15, 0.2) is 5.82 Å². The Kier molecular flexibility index (Phi) is 4.05. The summed E-state index contributed by atoms with van der Waals surface area (Å²) in [6, 6.07) is 0. The fourth-order valence-electron chi connectivity index (χ4n) is 2.66. The lowest BCUT2D eigenvalue weighted by Crippen LogP contribution is -2.33. The molecule has 1 saturated carbocycles. The fraction of sp³-hybridized carbons (Fsp3) is 0.857. The van der Waals surface area contributed by atoms with E-state index < -0.39 is 0 Å². The first-order valence-electron chi connectivity index (χ1n) is 7.09. The molecule has 0 aliphatic heterocycles. The van der Waals surface area contributed by atoms with E-state index >= 15 is 0 Å². The summed E-state index contributed by atoms with van der Waals surface area (Å²) in [5.41, 5.74) is -0.246.